The fraction of sp³-hybridized carbons (Fsp3) is 0.0139. The molecule has 0 radical (unpaired) electrons. The number of benzene rings is 11. The van der Waals surface area contributed by atoms with Gasteiger partial charge in [0.15, 0.2) is 0 Å². The molecule has 0 saturated carbocycles. The van der Waals surface area contributed by atoms with E-state index in [2.05, 4.69) is 273 Å². The van der Waals surface area contributed by atoms with Crippen LogP contribution in [0.25, 0.3) is 121 Å². The van der Waals surface area contributed by atoms with Crippen LogP contribution in [0, 0.1) is 0 Å². The van der Waals surface area contributed by atoms with Gasteiger partial charge in [-0.3, -0.25) is 0 Å². The molecule has 2 aromatic heterocycles. The molecule has 2 heterocycles. The molecule has 2 aliphatic rings. The van der Waals surface area contributed by atoms with E-state index in [0.29, 0.717) is 0 Å². The minimum atomic E-state index is -0.337. The van der Waals surface area contributed by atoms with Crippen molar-refractivity contribution in [2.75, 3.05) is 0 Å². The lowest BCUT2D eigenvalue weighted by molar-refractivity contribution is 0.794. The number of aromatic nitrogens is 1. The van der Waals surface area contributed by atoms with E-state index in [4.69, 9.17) is 4.98 Å². The number of fused-ring (bicyclic) bond motifs is 13. The number of rotatable bonds is 7. The average Bonchev–Trinajstić information content (AvgIpc) is 4.12. The molecule has 74 heavy (non-hydrogen) atoms. The summed E-state index contributed by atoms with van der Waals surface area (Å²) >= 11 is 1.78. The van der Waals surface area contributed by atoms with E-state index in [1.165, 1.54) is 127 Å². The largest absolute Gasteiger partial charge is 0.237 e. The van der Waals surface area contributed by atoms with Crippen LogP contribution in [-0.4, -0.2) is 4.98 Å². The number of nitrogens with zero attached hydrogens (tertiary/aromatic N) is 1. The van der Waals surface area contributed by atoms with Gasteiger partial charge >= 0.3 is 0 Å². The van der Waals surface area contributed by atoms with Gasteiger partial charge in [0, 0.05) is 21.0 Å². The second-order valence-corrected chi connectivity index (χ2v) is 20.7. The molecule has 15 rings (SSSR count). The maximum atomic E-state index is 5.26. The Hall–Kier alpha value is -9.21. The molecule has 13 aromatic rings. The third-order valence-electron chi connectivity index (χ3n) is 15.7. The molecule has 11 aromatic carbocycles. The van der Waals surface area contributed by atoms with Crippen molar-refractivity contribution in [3.05, 3.63) is 295 Å². The molecule has 2 aliphatic carbocycles. The quantitative estimate of drug-likeness (QED) is 0.155. The van der Waals surface area contributed by atoms with Crippen LogP contribution in [0.15, 0.2) is 273 Å². The van der Waals surface area contributed by atoms with Gasteiger partial charge in [0.1, 0.15) is 4.83 Å². The Kier molecular flexibility index (Phi) is 9.73. The summed E-state index contributed by atoms with van der Waals surface area (Å²) in [6.45, 7) is 0. The van der Waals surface area contributed by atoms with E-state index in [0.717, 1.165) is 16.1 Å². The van der Waals surface area contributed by atoms with Gasteiger partial charge in [0.05, 0.1) is 11.1 Å². The first-order valence-electron chi connectivity index (χ1n) is 25.5. The maximum absolute atomic E-state index is 5.26. The van der Waals surface area contributed by atoms with E-state index in [1.54, 1.807) is 11.3 Å². The van der Waals surface area contributed by atoms with Gasteiger partial charge < -0.3 is 0 Å². The second kappa shape index (κ2) is 17.0. The van der Waals surface area contributed by atoms with Crippen molar-refractivity contribution in [1.29, 1.82) is 0 Å². The smallest absolute Gasteiger partial charge is 0.125 e. The zero-order chi connectivity index (χ0) is 48.7. The Morgan fingerprint density at radius 3 is 1.14 bits per heavy atom. The predicted octanol–water partition coefficient (Wildman–Crippen LogP) is 19.5. The fourth-order valence-electron chi connectivity index (χ4n) is 12.3. The van der Waals surface area contributed by atoms with Crippen LogP contribution in [-0.2, 0) is 5.41 Å². The minimum absolute atomic E-state index is 0.337. The molecule has 2 heteroatoms. The van der Waals surface area contributed by atoms with E-state index in [1.807, 2.05) is 0 Å². The van der Waals surface area contributed by atoms with Crippen LogP contribution in [0.5, 0.6) is 0 Å². The third kappa shape index (κ3) is 6.66. The molecule has 0 atom stereocenters. The third-order valence-corrected chi connectivity index (χ3v) is 16.9. The summed E-state index contributed by atoms with van der Waals surface area (Å²) in [7, 11) is 0. The molecular formula is C72H45NS. The Bertz CT molecular complexity index is 4340. The molecule has 1 nitrogen and oxygen atoms in total. The van der Waals surface area contributed by atoms with Crippen molar-refractivity contribution in [1.82, 2.24) is 4.98 Å². The lowest BCUT2D eigenvalue weighted by atomic mass is 9.70. The highest BCUT2D eigenvalue weighted by molar-refractivity contribution is 7.26. The number of pyridine rings is 1. The monoisotopic (exact) mass is 955 g/mol. The highest BCUT2D eigenvalue weighted by Crippen LogP contribution is 2.63. The summed E-state index contributed by atoms with van der Waals surface area (Å²) in [6.07, 6.45) is 0. The molecule has 344 valence electrons. The van der Waals surface area contributed by atoms with Gasteiger partial charge in [-0.25, -0.2) is 4.98 Å². The summed E-state index contributed by atoms with van der Waals surface area (Å²) in [4.78, 5) is 6.32. The number of thiophene rings is 1. The van der Waals surface area contributed by atoms with Crippen LogP contribution in [0.2, 0.25) is 0 Å². The first-order valence-corrected chi connectivity index (χ1v) is 26.3. The molecule has 0 aliphatic heterocycles. The Balaban J connectivity index is 0.720. The highest BCUT2D eigenvalue weighted by Gasteiger charge is 2.51. The first kappa shape index (κ1) is 42.5. The van der Waals surface area contributed by atoms with Crippen molar-refractivity contribution in [3.63, 3.8) is 0 Å². The summed E-state index contributed by atoms with van der Waals surface area (Å²) in [5.41, 5.74) is 26.9. The highest BCUT2D eigenvalue weighted by atomic mass is 32.1. The fourth-order valence-corrected chi connectivity index (χ4v) is 13.5. The Morgan fingerprint density at radius 2 is 0.622 bits per heavy atom. The van der Waals surface area contributed by atoms with Gasteiger partial charge in [0.25, 0.3) is 0 Å². The van der Waals surface area contributed by atoms with Gasteiger partial charge in [0.2, 0.25) is 0 Å². The van der Waals surface area contributed by atoms with E-state index < -0.39 is 0 Å². The summed E-state index contributed by atoms with van der Waals surface area (Å²) in [5.74, 6) is 0. The van der Waals surface area contributed by atoms with Crippen molar-refractivity contribution in [3.8, 4) is 100 Å². The van der Waals surface area contributed by atoms with Crippen LogP contribution >= 0.6 is 11.3 Å². The van der Waals surface area contributed by atoms with Gasteiger partial charge in [-0.2, -0.15) is 0 Å². The van der Waals surface area contributed by atoms with Crippen molar-refractivity contribution >= 4 is 31.6 Å². The molecule has 0 amide bonds. The van der Waals surface area contributed by atoms with Crippen molar-refractivity contribution in [2.45, 2.75) is 5.41 Å². The first-order chi connectivity index (χ1) is 36.7. The zero-order valence-electron chi connectivity index (χ0n) is 40.3. The van der Waals surface area contributed by atoms with Crippen LogP contribution in [0.3, 0.4) is 0 Å². The van der Waals surface area contributed by atoms with E-state index in [-0.39, 0.29) is 5.41 Å². The van der Waals surface area contributed by atoms with Gasteiger partial charge in [-0.05, 0) is 160 Å². The SMILES string of the molecule is c1ccc(-c2cccc3c2sc2nc(-c4cccc(-c5cccc(-c6cccc(-c7cccc(-c8cccc(-c9ccc%10c(c9)-c9ccccc9C%109c%10ccccc%10-c%10ccccc%109)c8)c7)c6)c5)c4)ccc23)cc1. The van der Waals surface area contributed by atoms with Crippen molar-refractivity contribution < 1.29 is 0 Å². The number of hydrogen-bond acceptors (Lipinski definition) is 2. The molecular weight excluding hydrogens is 911 g/mol. The topological polar surface area (TPSA) is 12.9 Å². The molecule has 0 fully saturated rings. The summed E-state index contributed by atoms with van der Waals surface area (Å²) in [6, 6.07) is 101. The van der Waals surface area contributed by atoms with Crippen LogP contribution < -0.4 is 0 Å². The summed E-state index contributed by atoms with van der Waals surface area (Å²) < 4.78 is 1.28. The van der Waals surface area contributed by atoms with Gasteiger partial charge in [-0.15, -0.1) is 11.3 Å². The Labute approximate surface area is 435 Å². The zero-order valence-corrected chi connectivity index (χ0v) is 41.2. The lowest BCUT2D eigenvalue weighted by Gasteiger charge is -2.30. The summed E-state index contributed by atoms with van der Waals surface area (Å²) in [5, 5.41) is 2.46. The standard InChI is InChI=1S/C72H45NS/c1-2-16-46(17-3-1)58-31-15-32-62-63-37-39-69(73-71(63)74-70(58)62)57-27-14-26-55(44-57)53-24-12-22-51(42-53)49-20-10-18-47(40-49)48-19-11-21-50(41-48)52-23-13-25-54(43-52)56-36-38-68-64(45-56)61-30-6-9-35-67(61)72(68)65-33-7-4-28-59(65)60-29-5-8-34-66(60)72/h1-45H. The Morgan fingerprint density at radius 1 is 0.243 bits per heavy atom. The maximum Gasteiger partial charge on any atom is 0.125 e. The molecule has 1 spiro atoms. The average molecular weight is 956 g/mol. The molecule has 0 N–H and O–H groups in total. The van der Waals surface area contributed by atoms with E-state index >= 15 is 0 Å². The second-order valence-electron chi connectivity index (χ2n) is 19.8. The predicted molar refractivity (Wildman–Crippen MR) is 311 cm³/mol. The van der Waals surface area contributed by atoms with Crippen LogP contribution in [0.4, 0.5) is 0 Å². The lowest BCUT2D eigenvalue weighted by Crippen LogP contribution is -2.25. The van der Waals surface area contributed by atoms with Crippen LogP contribution in [0.1, 0.15) is 22.3 Å². The normalized spacial score (nSPS) is 12.7. The number of hydrogen-bond donors (Lipinski definition) is 0. The minimum Gasteiger partial charge on any atom is -0.237 e. The van der Waals surface area contributed by atoms with Crippen molar-refractivity contribution in [2.24, 2.45) is 0 Å². The molecule has 0 saturated heterocycles. The molecule has 0 bridgehead atoms. The van der Waals surface area contributed by atoms with E-state index in [9.17, 15) is 0 Å². The van der Waals surface area contributed by atoms with Gasteiger partial charge in [-0.1, -0.05) is 224 Å². The molecule has 0 unspecified atom stereocenters.